The second-order valence-electron chi connectivity index (χ2n) is 4.95. The second kappa shape index (κ2) is 5.77. The van der Waals surface area contributed by atoms with Gasteiger partial charge < -0.3 is 15.2 Å². The number of thiocarbonyl (C=S) groups is 1. The van der Waals surface area contributed by atoms with Crippen molar-refractivity contribution in [1.82, 2.24) is 0 Å². The van der Waals surface area contributed by atoms with Crippen molar-refractivity contribution in [1.29, 1.82) is 0 Å². The Labute approximate surface area is 123 Å². The lowest BCUT2D eigenvalue weighted by Gasteiger charge is -2.24. The van der Waals surface area contributed by atoms with Crippen molar-refractivity contribution < 1.29 is 9.47 Å². The molecule has 1 saturated heterocycles. The van der Waals surface area contributed by atoms with Crippen LogP contribution in [0.25, 0.3) is 10.8 Å². The molecule has 0 unspecified atom stereocenters. The van der Waals surface area contributed by atoms with Crippen LogP contribution in [0.3, 0.4) is 0 Å². The average molecular weight is 287 g/mol. The zero-order valence-electron chi connectivity index (χ0n) is 11.2. The van der Waals surface area contributed by atoms with Gasteiger partial charge >= 0.3 is 0 Å². The highest BCUT2D eigenvalue weighted by molar-refractivity contribution is 7.80. The van der Waals surface area contributed by atoms with Gasteiger partial charge in [0.1, 0.15) is 16.8 Å². The predicted octanol–water partition coefficient (Wildman–Crippen LogP) is 3.03. The van der Waals surface area contributed by atoms with E-state index in [1.54, 1.807) is 0 Å². The molecule has 3 nitrogen and oxygen atoms in total. The molecule has 2 aromatic rings. The van der Waals surface area contributed by atoms with Crippen molar-refractivity contribution in [3.63, 3.8) is 0 Å². The smallest absolute Gasteiger partial charge is 0.127 e. The van der Waals surface area contributed by atoms with Gasteiger partial charge in [-0.15, -0.1) is 0 Å². The normalized spacial score (nSPS) is 16.2. The fourth-order valence-electron chi connectivity index (χ4n) is 2.56. The molecular formula is C16H17NO2S. The van der Waals surface area contributed by atoms with E-state index in [0.29, 0.717) is 4.99 Å². The van der Waals surface area contributed by atoms with Crippen molar-refractivity contribution in [2.45, 2.75) is 18.9 Å². The molecule has 0 amide bonds. The lowest BCUT2D eigenvalue weighted by molar-refractivity contribution is 0.0262. The van der Waals surface area contributed by atoms with Crippen LogP contribution in [0.15, 0.2) is 36.4 Å². The van der Waals surface area contributed by atoms with Gasteiger partial charge in [0.2, 0.25) is 0 Å². The monoisotopic (exact) mass is 287 g/mol. The van der Waals surface area contributed by atoms with Gasteiger partial charge in [0.15, 0.2) is 0 Å². The SMILES string of the molecule is NC(=S)c1ccc(OC2CCOCC2)c2ccccc12. The van der Waals surface area contributed by atoms with Gasteiger partial charge in [0.05, 0.1) is 13.2 Å². The van der Waals surface area contributed by atoms with Crippen molar-refractivity contribution in [2.75, 3.05) is 13.2 Å². The van der Waals surface area contributed by atoms with Crippen molar-refractivity contribution in [2.24, 2.45) is 5.73 Å². The van der Waals surface area contributed by atoms with E-state index in [2.05, 4.69) is 0 Å². The molecule has 1 fully saturated rings. The molecule has 0 radical (unpaired) electrons. The maximum Gasteiger partial charge on any atom is 0.127 e. The number of rotatable bonds is 3. The maximum atomic E-state index is 6.14. The molecule has 4 heteroatoms. The predicted molar refractivity (Wildman–Crippen MR) is 84.3 cm³/mol. The van der Waals surface area contributed by atoms with Gasteiger partial charge in [-0.1, -0.05) is 36.5 Å². The van der Waals surface area contributed by atoms with E-state index in [1.165, 1.54) is 0 Å². The third kappa shape index (κ3) is 2.62. The Kier molecular flexibility index (Phi) is 3.85. The topological polar surface area (TPSA) is 44.5 Å². The summed E-state index contributed by atoms with van der Waals surface area (Å²) in [7, 11) is 0. The molecule has 1 aliphatic rings. The van der Waals surface area contributed by atoms with E-state index in [4.69, 9.17) is 27.4 Å². The van der Waals surface area contributed by atoms with Crippen molar-refractivity contribution in [3.05, 3.63) is 42.0 Å². The minimum atomic E-state index is 0.225. The first kappa shape index (κ1) is 13.3. The highest BCUT2D eigenvalue weighted by Gasteiger charge is 2.17. The number of nitrogens with two attached hydrogens (primary N) is 1. The van der Waals surface area contributed by atoms with Crippen LogP contribution >= 0.6 is 12.2 Å². The first-order valence-electron chi connectivity index (χ1n) is 6.81. The first-order valence-corrected chi connectivity index (χ1v) is 7.22. The zero-order valence-corrected chi connectivity index (χ0v) is 12.0. The van der Waals surface area contributed by atoms with E-state index in [1.807, 2.05) is 36.4 Å². The molecule has 1 heterocycles. The highest BCUT2D eigenvalue weighted by atomic mass is 32.1. The van der Waals surface area contributed by atoms with Gasteiger partial charge in [0, 0.05) is 23.8 Å². The highest BCUT2D eigenvalue weighted by Crippen LogP contribution is 2.30. The van der Waals surface area contributed by atoms with Crippen LogP contribution in [-0.4, -0.2) is 24.3 Å². The number of ether oxygens (including phenoxy) is 2. The Morgan fingerprint density at radius 3 is 2.50 bits per heavy atom. The lowest BCUT2D eigenvalue weighted by atomic mass is 10.0. The lowest BCUT2D eigenvalue weighted by Crippen LogP contribution is -2.26. The van der Waals surface area contributed by atoms with E-state index in [-0.39, 0.29) is 6.10 Å². The summed E-state index contributed by atoms with van der Waals surface area (Å²) in [5.41, 5.74) is 6.69. The summed E-state index contributed by atoms with van der Waals surface area (Å²) >= 11 is 5.11. The summed E-state index contributed by atoms with van der Waals surface area (Å²) in [4.78, 5) is 0.416. The van der Waals surface area contributed by atoms with Crippen LogP contribution in [0, 0.1) is 0 Å². The number of hydrogen-bond acceptors (Lipinski definition) is 3. The average Bonchev–Trinajstić information content (AvgIpc) is 2.48. The summed E-state index contributed by atoms with van der Waals surface area (Å²) in [6.07, 6.45) is 2.10. The van der Waals surface area contributed by atoms with E-state index in [9.17, 15) is 0 Å². The molecular weight excluding hydrogens is 270 g/mol. The standard InChI is InChI=1S/C16H17NO2S/c17-16(20)14-5-6-15(13-4-2-1-3-12(13)14)19-11-7-9-18-10-8-11/h1-6,11H,7-10H2,(H2,17,20). The van der Waals surface area contributed by atoms with Gasteiger partial charge in [-0.25, -0.2) is 0 Å². The Bertz CT molecular complexity index is 635. The molecule has 0 atom stereocenters. The van der Waals surface area contributed by atoms with Crippen LogP contribution < -0.4 is 10.5 Å². The van der Waals surface area contributed by atoms with Gasteiger partial charge in [-0.05, 0) is 17.5 Å². The molecule has 0 spiro atoms. The van der Waals surface area contributed by atoms with Crippen molar-refractivity contribution in [3.8, 4) is 5.75 Å². The molecule has 1 aliphatic heterocycles. The zero-order chi connectivity index (χ0) is 13.9. The van der Waals surface area contributed by atoms with Gasteiger partial charge in [-0.2, -0.15) is 0 Å². The largest absolute Gasteiger partial charge is 0.490 e. The summed E-state index contributed by atoms with van der Waals surface area (Å²) in [6.45, 7) is 1.54. The summed E-state index contributed by atoms with van der Waals surface area (Å²) in [5.74, 6) is 0.896. The minimum Gasteiger partial charge on any atom is -0.490 e. The first-order chi connectivity index (χ1) is 9.75. The Hall–Kier alpha value is -1.65. The summed E-state index contributed by atoms with van der Waals surface area (Å²) < 4.78 is 11.5. The molecule has 0 bridgehead atoms. The molecule has 2 aromatic carbocycles. The fraction of sp³-hybridized carbons (Fsp3) is 0.312. The summed E-state index contributed by atoms with van der Waals surface area (Å²) in [6, 6.07) is 12.0. The Balaban J connectivity index is 1.99. The van der Waals surface area contributed by atoms with Crippen LogP contribution in [0.1, 0.15) is 18.4 Å². The molecule has 0 aromatic heterocycles. The van der Waals surface area contributed by atoms with Gasteiger partial charge in [-0.3, -0.25) is 0 Å². The molecule has 0 saturated carbocycles. The third-order valence-corrected chi connectivity index (χ3v) is 3.83. The Morgan fingerprint density at radius 2 is 1.80 bits per heavy atom. The van der Waals surface area contributed by atoms with Crippen LogP contribution in [0.2, 0.25) is 0 Å². The minimum absolute atomic E-state index is 0.225. The van der Waals surface area contributed by atoms with Crippen LogP contribution in [0.5, 0.6) is 5.75 Å². The second-order valence-corrected chi connectivity index (χ2v) is 5.39. The van der Waals surface area contributed by atoms with Gasteiger partial charge in [0.25, 0.3) is 0 Å². The number of hydrogen-bond donors (Lipinski definition) is 1. The molecule has 3 rings (SSSR count). The third-order valence-electron chi connectivity index (χ3n) is 3.61. The van der Waals surface area contributed by atoms with E-state index in [0.717, 1.165) is 48.1 Å². The molecule has 104 valence electrons. The Morgan fingerprint density at radius 1 is 1.10 bits per heavy atom. The van der Waals surface area contributed by atoms with Crippen LogP contribution in [-0.2, 0) is 4.74 Å². The summed E-state index contributed by atoms with van der Waals surface area (Å²) in [5, 5.41) is 2.11. The van der Waals surface area contributed by atoms with Crippen molar-refractivity contribution >= 4 is 28.0 Å². The quantitative estimate of drug-likeness (QED) is 0.881. The maximum absolute atomic E-state index is 6.14. The van der Waals surface area contributed by atoms with E-state index < -0.39 is 0 Å². The number of benzene rings is 2. The van der Waals surface area contributed by atoms with Crippen LogP contribution in [0.4, 0.5) is 0 Å². The molecule has 2 N–H and O–H groups in total. The van der Waals surface area contributed by atoms with E-state index >= 15 is 0 Å². The molecule has 20 heavy (non-hydrogen) atoms. The molecule has 0 aliphatic carbocycles. The fourth-order valence-corrected chi connectivity index (χ4v) is 2.74. The number of fused-ring (bicyclic) bond motifs is 1.